The Hall–Kier alpha value is -2.56. The molecule has 5 heteroatoms. The molecular formula is C15H14N2O3. The number of nitrogen functional groups attached to an aromatic ring is 1. The number of nitrogens with zero attached hydrogens (tertiary/aromatic N) is 1. The number of fused-ring (bicyclic) bond motifs is 1. The van der Waals surface area contributed by atoms with Crippen LogP contribution in [-0.2, 0) is 6.42 Å². The van der Waals surface area contributed by atoms with Crippen LogP contribution in [0.3, 0.4) is 0 Å². The Morgan fingerprint density at radius 3 is 3.00 bits per heavy atom. The molecule has 0 radical (unpaired) electrons. The average molecular weight is 270 g/mol. The smallest absolute Gasteiger partial charge is 0.337 e. The number of hydrogen-bond donors (Lipinski definition) is 2. The van der Waals surface area contributed by atoms with E-state index in [0.29, 0.717) is 11.4 Å². The molecule has 5 nitrogen and oxygen atoms in total. The number of ether oxygens (including phenoxy) is 1. The van der Waals surface area contributed by atoms with Crippen molar-refractivity contribution in [1.29, 1.82) is 0 Å². The summed E-state index contributed by atoms with van der Waals surface area (Å²) in [5, 5.41) is 8.95. The van der Waals surface area contributed by atoms with E-state index in [2.05, 4.69) is 4.98 Å². The fourth-order valence-corrected chi connectivity index (χ4v) is 2.47. The van der Waals surface area contributed by atoms with E-state index in [1.165, 1.54) is 24.0 Å². The van der Waals surface area contributed by atoms with E-state index in [1.807, 2.05) is 18.2 Å². The first-order chi connectivity index (χ1) is 9.63. The van der Waals surface area contributed by atoms with Crippen molar-refractivity contribution in [2.24, 2.45) is 0 Å². The maximum Gasteiger partial charge on any atom is 0.337 e. The zero-order chi connectivity index (χ0) is 14.1. The number of carbonyl (C=O) groups is 1. The molecule has 1 aliphatic carbocycles. The molecule has 0 amide bonds. The molecule has 1 aromatic carbocycles. The zero-order valence-electron chi connectivity index (χ0n) is 10.7. The maximum absolute atomic E-state index is 10.9. The van der Waals surface area contributed by atoms with Crippen molar-refractivity contribution in [1.82, 2.24) is 4.98 Å². The van der Waals surface area contributed by atoms with Gasteiger partial charge in [0.15, 0.2) is 0 Å². The number of pyridine rings is 1. The number of nitrogens with two attached hydrogens (primary N) is 1. The third-order valence-electron chi connectivity index (χ3n) is 3.43. The molecule has 0 bridgehead atoms. The summed E-state index contributed by atoms with van der Waals surface area (Å²) >= 11 is 0. The van der Waals surface area contributed by atoms with Gasteiger partial charge in [-0.2, -0.15) is 0 Å². The number of benzene rings is 1. The predicted molar refractivity (Wildman–Crippen MR) is 73.7 cm³/mol. The summed E-state index contributed by atoms with van der Waals surface area (Å²) in [7, 11) is 0. The van der Waals surface area contributed by atoms with Crippen LogP contribution in [-0.4, -0.2) is 16.1 Å². The lowest BCUT2D eigenvalue weighted by atomic mass is 10.1. The molecule has 1 unspecified atom stereocenters. The molecule has 3 rings (SSSR count). The first-order valence-corrected chi connectivity index (χ1v) is 6.37. The van der Waals surface area contributed by atoms with Crippen molar-refractivity contribution in [3.63, 3.8) is 0 Å². The molecule has 1 aromatic heterocycles. The summed E-state index contributed by atoms with van der Waals surface area (Å²) in [5.74, 6) is -0.552. The molecule has 3 N–H and O–H groups in total. The van der Waals surface area contributed by atoms with E-state index in [0.717, 1.165) is 18.4 Å². The van der Waals surface area contributed by atoms with Gasteiger partial charge in [0.25, 0.3) is 0 Å². The highest BCUT2D eigenvalue weighted by Gasteiger charge is 2.24. The van der Waals surface area contributed by atoms with Crippen LogP contribution in [0.2, 0.25) is 0 Å². The largest absolute Gasteiger partial charge is 0.484 e. The van der Waals surface area contributed by atoms with Crippen LogP contribution in [0.5, 0.6) is 5.75 Å². The fraction of sp³-hybridized carbons (Fsp3) is 0.200. The van der Waals surface area contributed by atoms with Gasteiger partial charge in [0.1, 0.15) is 11.9 Å². The molecule has 1 aliphatic rings. The van der Waals surface area contributed by atoms with E-state index in [4.69, 9.17) is 15.6 Å². The van der Waals surface area contributed by atoms with Gasteiger partial charge in [0.05, 0.1) is 11.8 Å². The van der Waals surface area contributed by atoms with E-state index in [9.17, 15) is 4.79 Å². The van der Waals surface area contributed by atoms with Crippen LogP contribution in [0.4, 0.5) is 5.69 Å². The summed E-state index contributed by atoms with van der Waals surface area (Å²) in [6.07, 6.45) is 4.52. The minimum atomic E-state index is -1.01. The second-order valence-corrected chi connectivity index (χ2v) is 4.82. The number of carboxylic acid groups (broad SMARTS) is 1. The van der Waals surface area contributed by atoms with Crippen LogP contribution in [0.15, 0.2) is 36.7 Å². The van der Waals surface area contributed by atoms with Gasteiger partial charge in [0, 0.05) is 11.9 Å². The number of aromatic nitrogens is 1. The van der Waals surface area contributed by atoms with Gasteiger partial charge >= 0.3 is 5.97 Å². The van der Waals surface area contributed by atoms with Gasteiger partial charge in [-0.15, -0.1) is 0 Å². The van der Waals surface area contributed by atoms with Gasteiger partial charge < -0.3 is 15.6 Å². The number of hydrogen-bond acceptors (Lipinski definition) is 4. The first-order valence-electron chi connectivity index (χ1n) is 6.37. The molecule has 1 heterocycles. The van der Waals surface area contributed by atoms with E-state index in [1.54, 1.807) is 0 Å². The van der Waals surface area contributed by atoms with Crippen LogP contribution < -0.4 is 10.5 Å². The molecule has 102 valence electrons. The lowest BCUT2D eigenvalue weighted by molar-refractivity contribution is 0.0695. The summed E-state index contributed by atoms with van der Waals surface area (Å²) < 4.78 is 5.87. The molecule has 0 aliphatic heterocycles. The molecule has 0 fully saturated rings. The third-order valence-corrected chi connectivity index (χ3v) is 3.43. The summed E-state index contributed by atoms with van der Waals surface area (Å²) in [6.45, 7) is 0. The monoisotopic (exact) mass is 270 g/mol. The van der Waals surface area contributed by atoms with Gasteiger partial charge in [-0.05, 0) is 42.2 Å². The molecule has 2 aromatic rings. The topological polar surface area (TPSA) is 85.4 Å². The Kier molecular flexibility index (Phi) is 3.02. The summed E-state index contributed by atoms with van der Waals surface area (Å²) in [6, 6.07) is 7.30. The minimum absolute atomic E-state index is 0.0978. The SMILES string of the molecule is Nc1ccc2c(c1)C(Oc1cncc(C(=O)O)c1)CC2. The van der Waals surface area contributed by atoms with Crippen LogP contribution >= 0.6 is 0 Å². The van der Waals surface area contributed by atoms with Gasteiger partial charge in [-0.3, -0.25) is 4.98 Å². The number of anilines is 1. The number of carboxylic acids is 1. The molecule has 0 spiro atoms. The van der Waals surface area contributed by atoms with Crippen molar-refractivity contribution in [2.45, 2.75) is 18.9 Å². The highest BCUT2D eigenvalue weighted by Crippen LogP contribution is 2.35. The second-order valence-electron chi connectivity index (χ2n) is 4.82. The quantitative estimate of drug-likeness (QED) is 0.836. The Morgan fingerprint density at radius 2 is 2.20 bits per heavy atom. The Balaban J connectivity index is 1.85. The Morgan fingerprint density at radius 1 is 1.35 bits per heavy atom. The van der Waals surface area contributed by atoms with E-state index in [-0.39, 0.29) is 11.7 Å². The van der Waals surface area contributed by atoms with Crippen LogP contribution in [0.1, 0.15) is 34.0 Å². The number of aromatic carboxylic acids is 1. The van der Waals surface area contributed by atoms with Crippen LogP contribution in [0, 0.1) is 0 Å². The first kappa shape index (κ1) is 12.5. The van der Waals surface area contributed by atoms with Crippen molar-refractivity contribution in [3.05, 3.63) is 53.3 Å². The van der Waals surface area contributed by atoms with Crippen LogP contribution in [0.25, 0.3) is 0 Å². The highest BCUT2D eigenvalue weighted by molar-refractivity contribution is 5.87. The highest BCUT2D eigenvalue weighted by atomic mass is 16.5. The normalized spacial score (nSPS) is 16.7. The minimum Gasteiger partial charge on any atom is -0.484 e. The second kappa shape index (κ2) is 4.85. The molecule has 0 saturated heterocycles. The predicted octanol–water partition coefficient (Wildman–Crippen LogP) is 2.43. The lowest BCUT2D eigenvalue weighted by Crippen LogP contribution is -2.05. The van der Waals surface area contributed by atoms with Crippen molar-refractivity contribution in [2.75, 3.05) is 5.73 Å². The number of aryl methyl sites for hydroxylation is 1. The molecule has 0 saturated carbocycles. The van der Waals surface area contributed by atoms with Gasteiger partial charge in [-0.25, -0.2) is 4.79 Å². The summed E-state index contributed by atoms with van der Waals surface area (Å²) in [4.78, 5) is 14.8. The average Bonchev–Trinajstić information content (AvgIpc) is 2.82. The standard InChI is InChI=1S/C15H14N2O3/c16-11-3-1-9-2-4-14(13(9)6-11)20-12-5-10(15(18)19)7-17-8-12/h1,3,5-8,14H,2,4,16H2,(H,18,19). The fourth-order valence-electron chi connectivity index (χ4n) is 2.47. The summed E-state index contributed by atoms with van der Waals surface area (Å²) in [5.41, 5.74) is 8.93. The van der Waals surface area contributed by atoms with Gasteiger partial charge in [0.2, 0.25) is 0 Å². The van der Waals surface area contributed by atoms with Gasteiger partial charge in [-0.1, -0.05) is 6.07 Å². The Bertz CT molecular complexity index is 670. The lowest BCUT2D eigenvalue weighted by Gasteiger charge is -2.15. The molecule has 20 heavy (non-hydrogen) atoms. The van der Waals surface area contributed by atoms with E-state index < -0.39 is 5.97 Å². The van der Waals surface area contributed by atoms with Crippen molar-refractivity contribution in [3.8, 4) is 5.75 Å². The Labute approximate surface area is 116 Å². The van der Waals surface area contributed by atoms with Crippen molar-refractivity contribution < 1.29 is 14.6 Å². The maximum atomic E-state index is 10.9. The zero-order valence-corrected chi connectivity index (χ0v) is 10.7. The van der Waals surface area contributed by atoms with E-state index >= 15 is 0 Å². The molecular weight excluding hydrogens is 256 g/mol. The third kappa shape index (κ3) is 2.30. The molecule has 1 atom stereocenters. The number of rotatable bonds is 3. The van der Waals surface area contributed by atoms with Crippen molar-refractivity contribution >= 4 is 11.7 Å².